The Morgan fingerprint density at radius 1 is 1.50 bits per heavy atom. The summed E-state index contributed by atoms with van der Waals surface area (Å²) < 4.78 is 22.4. The lowest BCUT2D eigenvalue weighted by atomic mass is 10.3. The Balaban J connectivity index is 2.59. The fourth-order valence-electron chi connectivity index (χ4n) is 1.26. The number of hydrogen-bond acceptors (Lipinski definition) is 5. The van der Waals surface area contributed by atoms with Gasteiger partial charge in [0.2, 0.25) is 5.91 Å². The van der Waals surface area contributed by atoms with Crippen LogP contribution >= 0.6 is 11.3 Å². The van der Waals surface area contributed by atoms with Crippen LogP contribution in [0.4, 0.5) is 0 Å². The monoisotopic (exact) mass is 317 g/mol. The normalized spacial score (nSPS) is 13.3. The minimum atomic E-state index is -3.40. The maximum absolute atomic E-state index is 11.6. The minimum Gasteiger partial charge on any atom is -0.478 e. The number of nitrogens with one attached hydrogen (secondary N) is 1. The summed E-state index contributed by atoms with van der Waals surface area (Å²) in [5.41, 5.74) is 0.720. The van der Waals surface area contributed by atoms with Gasteiger partial charge in [-0.1, -0.05) is 0 Å². The van der Waals surface area contributed by atoms with Crippen LogP contribution in [0, 0.1) is 0 Å². The van der Waals surface area contributed by atoms with Gasteiger partial charge in [-0.15, -0.1) is 11.3 Å². The molecule has 0 saturated carbocycles. The first-order chi connectivity index (χ1) is 9.20. The van der Waals surface area contributed by atoms with Crippen molar-refractivity contribution in [3.63, 3.8) is 0 Å². The second-order valence-electron chi connectivity index (χ2n) is 4.21. The number of rotatable bonds is 6. The van der Waals surface area contributed by atoms with Gasteiger partial charge in [-0.2, -0.15) is 0 Å². The van der Waals surface area contributed by atoms with E-state index in [1.165, 1.54) is 24.3 Å². The summed E-state index contributed by atoms with van der Waals surface area (Å²) in [6, 6.07) is 1.73. The summed E-state index contributed by atoms with van der Waals surface area (Å²) >= 11 is 1.35. The van der Waals surface area contributed by atoms with Crippen molar-refractivity contribution in [3.05, 3.63) is 28.0 Å². The summed E-state index contributed by atoms with van der Waals surface area (Å²) in [5.74, 6) is -1.59. The smallest absolute Gasteiger partial charge is 0.328 e. The van der Waals surface area contributed by atoms with E-state index in [-0.39, 0.29) is 6.54 Å². The molecule has 1 aromatic rings. The average Bonchev–Trinajstić information content (AvgIpc) is 2.79. The lowest BCUT2D eigenvalue weighted by Crippen LogP contribution is -2.36. The van der Waals surface area contributed by atoms with E-state index in [4.69, 9.17) is 5.11 Å². The van der Waals surface area contributed by atoms with Crippen molar-refractivity contribution >= 4 is 39.1 Å². The van der Waals surface area contributed by atoms with Gasteiger partial charge >= 0.3 is 5.97 Å². The first-order valence-corrected chi connectivity index (χ1v) is 8.48. The first kappa shape index (κ1) is 16.4. The van der Waals surface area contributed by atoms with Crippen molar-refractivity contribution in [2.45, 2.75) is 18.7 Å². The number of carbonyl (C=O) groups is 2. The van der Waals surface area contributed by atoms with Crippen molar-refractivity contribution < 1.29 is 23.1 Å². The van der Waals surface area contributed by atoms with E-state index in [0.717, 1.165) is 22.8 Å². The Morgan fingerprint density at radius 2 is 2.15 bits per heavy atom. The Labute approximate surface area is 121 Å². The van der Waals surface area contributed by atoms with E-state index in [1.54, 1.807) is 11.4 Å². The molecule has 0 radical (unpaired) electrons. The lowest BCUT2D eigenvalue weighted by Gasteiger charge is -2.09. The van der Waals surface area contributed by atoms with Gasteiger partial charge in [-0.05, 0) is 30.0 Å². The molecule has 0 aliphatic heterocycles. The Kier molecular flexibility index (Phi) is 5.46. The molecule has 2 N–H and O–H groups in total. The fourth-order valence-corrected chi connectivity index (χ4v) is 2.52. The fraction of sp³-hybridized carbons (Fsp3) is 0.333. The third-order valence-electron chi connectivity index (χ3n) is 2.54. The second kappa shape index (κ2) is 6.67. The van der Waals surface area contributed by atoms with Crippen LogP contribution in [0.1, 0.15) is 17.4 Å². The van der Waals surface area contributed by atoms with Crippen LogP contribution in [0.15, 0.2) is 17.5 Å². The van der Waals surface area contributed by atoms with Crippen LogP contribution in [-0.4, -0.2) is 36.9 Å². The van der Waals surface area contributed by atoms with Crippen molar-refractivity contribution in [1.82, 2.24) is 5.32 Å². The molecule has 1 amide bonds. The van der Waals surface area contributed by atoms with Crippen LogP contribution < -0.4 is 5.32 Å². The van der Waals surface area contributed by atoms with Crippen LogP contribution in [0.5, 0.6) is 0 Å². The van der Waals surface area contributed by atoms with E-state index in [0.29, 0.717) is 0 Å². The summed E-state index contributed by atoms with van der Waals surface area (Å²) in [6.07, 6.45) is 3.48. The molecule has 1 heterocycles. The van der Waals surface area contributed by atoms with Gasteiger partial charge in [0.1, 0.15) is 5.25 Å². The van der Waals surface area contributed by atoms with E-state index in [1.807, 2.05) is 0 Å². The minimum absolute atomic E-state index is 0.213. The Morgan fingerprint density at radius 3 is 2.70 bits per heavy atom. The molecule has 0 aromatic carbocycles. The Hall–Kier alpha value is -1.67. The zero-order valence-corrected chi connectivity index (χ0v) is 12.6. The molecule has 0 aliphatic carbocycles. The highest BCUT2D eigenvalue weighted by Gasteiger charge is 2.23. The predicted octanol–water partition coefficient (Wildman–Crippen LogP) is 0.895. The van der Waals surface area contributed by atoms with Gasteiger partial charge in [0.05, 0.1) is 6.54 Å². The zero-order chi connectivity index (χ0) is 15.3. The van der Waals surface area contributed by atoms with Gasteiger partial charge < -0.3 is 10.4 Å². The summed E-state index contributed by atoms with van der Waals surface area (Å²) in [5, 5.41) is 11.7. The van der Waals surface area contributed by atoms with Crippen LogP contribution in [0.3, 0.4) is 0 Å². The Bertz CT molecular complexity index is 630. The zero-order valence-electron chi connectivity index (χ0n) is 11.0. The van der Waals surface area contributed by atoms with Crippen molar-refractivity contribution in [2.75, 3.05) is 6.26 Å². The maximum Gasteiger partial charge on any atom is 0.328 e. The summed E-state index contributed by atoms with van der Waals surface area (Å²) in [4.78, 5) is 22.8. The van der Waals surface area contributed by atoms with E-state index >= 15 is 0 Å². The molecule has 0 bridgehead atoms. The van der Waals surface area contributed by atoms with Gasteiger partial charge in [0.15, 0.2) is 9.84 Å². The molecule has 1 atom stereocenters. The third kappa shape index (κ3) is 5.14. The highest BCUT2D eigenvalue weighted by Crippen LogP contribution is 2.16. The number of carboxylic acids is 1. The lowest BCUT2D eigenvalue weighted by molar-refractivity contribution is -0.131. The van der Waals surface area contributed by atoms with Crippen molar-refractivity contribution in [1.29, 1.82) is 0 Å². The maximum atomic E-state index is 11.6. The first-order valence-electron chi connectivity index (χ1n) is 5.65. The molecule has 0 aliphatic rings. The number of aliphatic carboxylic acids is 1. The average molecular weight is 317 g/mol. The molecular formula is C12H15NO5S2. The molecule has 8 heteroatoms. The highest BCUT2D eigenvalue weighted by atomic mass is 32.2. The topological polar surface area (TPSA) is 101 Å². The number of carbonyl (C=O) groups excluding carboxylic acids is 1. The molecule has 0 spiro atoms. The van der Waals surface area contributed by atoms with Crippen LogP contribution in [-0.2, 0) is 26.0 Å². The second-order valence-corrected chi connectivity index (χ2v) is 7.57. The van der Waals surface area contributed by atoms with E-state index in [9.17, 15) is 18.0 Å². The number of sulfone groups is 1. The van der Waals surface area contributed by atoms with Gasteiger partial charge in [0.25, 0.3) is 0 Å². The molecule has 0 fully saturated rings. The molecule has 1 unspecified atom stereocenters. The standard InChI is InChI=1S/C12H15NO5S2/c1-8(20(2,17)18)12(16)13-6-10-5-9(7-19-10)3-4-11(14)15/h3-5,7-8H,6H2,1-2H3,(H,13,16)(H,14,15)/b4-3+. The third-order valence-corrected chi connectivity index (χ3v) is 4.99. The number of hydrogen-bond donors (Lipinski definition) is 2. The molecule has 6 nitrogen and oxygen atoms in total. The number of amides is 1. The number of thiophene rings is 1. The van der Waals surface area contributed by atoms with Gasteiger partial charge in [-0.3, -0.25) is 4.79 Å². The molecule has 20 heavy (non-hydrogen) atoms. The largest absolute Gasteiger partial charge is 0.478 e. The summed E-state index contributed by atoms with van der Waals surface area (Å²) in [6.45, 7) is 1.55. The van der Waals surface area contributed by atoms with Gasteiger partial charge in [-0.25, -0.2) is 13.2 Å². The van der Waals surface area contributed by atoms with E-state index in [2.05, 4.69) is 5.32 Å². The predicted molar refractivity (Wildman–Crippen MR) is 77.1 cm³/mol. The van der Waals surface area contributed by atoms with E-state index < -0.39 is 27.0 Å². The molecule has 1 aromatic heterocycles. The molecule has 1 rings (SSSR count). The van der Waals surface area contributed by atoms with Crippen molar-refractivity contribution in [3.8, 4) is 0 Å². The van der Waals surface area contributed by atoms with Crippen molar-refractivity contribution in [2.24, 2.45) is 0 Å². The van der Waals surface area contributed by atoms with Gasteiger partial charge in [0, 0.05) is 17.2 Å². The molecular weight excluding hydrogens is 302 g/mol. The van der Waals surface area contributed by atoms with Crippen LogP contribution in [0.25, 0.3) is 6.08 Å². The molecule has 110 valence electrons. The quantitative estimate of drug-likeness (QED) is 0.759. The summed E-state index contributed by atoms with van der Waals surface area (Å²) in [7, 11) is -3.40. The highest BCUT2D eigenvalue weighted by molar-refractivity contribution is 7.92. The molecule has 0 saturated heterocycles. The van der Waals surface area contributed by atoms with Crippen LogP contribution in [0.2, 0.25) is 0 Å². The SMILES string of the molecule is CC(C(=O)NCc1cc(/C=C/C(=O)O)cs1)S(C)(=O)=O. The number of carboxylic acid groups (broad SMARTS) is 1.